The van der Waals surface area contributed by atoms with Gasteiger partial charge < -0.3 is 10.1 Å². The van der Waals surface area contributed by atoms with Gasteiger partial charge in [0.15, 0.2) is 0 Å². The third kappa shape index (κ3) is 2.55. The molecule has 2 aromatic rings. The molecule has 2 N–H and O–H groups in total. The number of nitrogens with one attached hydrogen (secondary N) is 2. The van der Waals surface area contributed by atoms with E-state index in [9.17, 15) is 0 Å². The molecule has 2 rings (SSSR count). The summed E-state index contributed by atoms with van der Waals surface area (Å²) in [4.78, 5) is 0. The number of nitrogens with zero attached hydrogens (tertiary/aromatic N) is 1. The third-order valence-corrected chi connectivity index (χ3v) is 2.81. The summed E-state index contributed by atoms with van der Waals surface area (Å²) in [5.74, 6) is 0.826. The average Bonchev–Trinajstić information content (AvgIpc) is 2.79. The van der Waals surface area contributed by atoms with Crippen molar-refractivity contribution in [2.45, 2.75) is 6.54 Å². The number of ether oxygens (including phenoxy) is 1. The number of halogens is 1. The zero-order chi connectivity index (χ0) is 11.4. The van der Waals surface area contributed by atoms with Crippen LogP contribution in [0.3, 0.4) is 0 Å². The molecule has 1 aromatic carbocycles. The molecule has 0 bridgehead atoms. The standard InChI is InChI=1S/C11H12BrN3O/c1-16-11-3-2-8(6-10(11)12)13-7-9-4-5-14-15-9/h2-6,13H,7H2,1H3,(H,14,15). The second-order valence-corrected chi connectivity index (χ2v) is 4.14. The van der Waals surface area contributed by atoms with Gasteiger partial charge in [0.05, 0.1) is 23.8 Å². The number of aromatic amines is 1. The van der Waals surface area contributed by atoms with Gasteiger partial charge in [-0.3, -0.25) is 5.10 Å². The van der Waals surface area contributed by atoms with Gasteiger partial charge in [-0.25, -0.2) is 0 Å². The van der Waals surface area contributed by atoms with E-state index in [0.29, 0.717) is 0 Å². The molecular formula is C11H12BrN3O. The zero-order valence-corrected chi connectivity index (χ0v) is 10.4. The van der Waals surface area contributed by atoms with Crippen molar-refractivity contribution in [2.24, 2.45) is 0 Å². The number of hydrogen-bond acceptors (Lipinski definition) is 3. The van der Waals surface area contributed by atoms with Crippen LogP contribution in [0.2, 0.25) is 0 Å². The predicted octanol–water partition coefficient (Wildman–Crippen LogP) is 2.79. The van der Waals surface area contributed by atoms with Crippen molar-refractivity contribution in [3.05, 3.63) is 40.6 Å². The first kappa shape index (κ1) is 11.0. The van der Waals surface area contributed by atoms with Crippen LogP contribution in [-0.4, -0.2) is 17.3 Å². The van der Waals surface area contributed by atoms with Gasteiger partial charge in [-0.15, -0.1) is 0 Å². The Balaban J connectivity index is 2.02. The van der Waals surface area contributed by atoms with Gasteiger partial charge in [0.2, 0.25) is 0 Å². The number of rotatable bonds is 4. The Labute approximate surface area is 102 Å². The minimum Gasteiger partial charge on any atom is -0.496 e. The molecule has 16 heavy (non-hydrogen) atoms. The lowest BCUT2D eigenvalue weighted by molar-refractivity contribution is 0.412. The van der Waals surface area contributed by atoms with Crippen molar-refractivity contribution < 1.29 is 4.74 Å². The SMILES string of the molecule is COc1ccc(NCc2ccn[nH]2)cc1Br. The minimum absolute atomic E-state index is 0.721. The van der Waals surface area contributed by atoms with Crippen LogP contribution in [0.4, 0.5) is 5.69 Å². The number of hydrogen-bond donors (Lipinski definition) is 2. The summed E-state index contributed by atoms with van der Waals surface area (Å²) < 4.78 is 6.09. The summed E-state index contributed by atoms with van der Waals surface area (Å²) in [5, 5.41) is 10.1. The van der Waals surface area contributed by atoms with E-state index >= 15 is 0 Å². The van der Waals surface area contributed by atoms with E-state index in [-0.39, 0.29) is 0 Å². The van der Waals surface area contributed by atoms with Crippen molar-refractivity contribution in [3.63, 3.8) is 0 Å². The molecule has 0 aliphatic rings. The average molecular weight is 282 g/mol. The van der Waals surface area contributed by atoms with Gasteiger partial charge in [0, 0.05) is 11.9 Å². The van der Waals surface area contributed by atoms with E-state index in [4.69, 9.17) is 4.74 Å². The number of methoxy groups -OCH3 is 1. The van der Waals surface area contributed by atoms with Crippen LogP contribution in [0.15, 0.2) is 34.9 Å². The van der Waals surface area contributed by atoms with Gasteiger partial charge >= 0.3 is 0 Å². The lowest BCUT2D eigenvalue weighted by Crippen LogP contribution is -1.99. The molecule has 0 radical (unpaired) electrons. The zero-order valence-electron chi connectivity index (χ0n) is 8.83. The van der Waals surface area contributed by atoms with Crippen LogP contribution in [-0.2, 0) is 6.54 Å². The molecule has 1 heterocycles. The highest BCUT2D eigenvalue weighted by molar-refractivity contribution is 9.10. The molecule has 0 amide bonds. The smallest absolute Gasteiger partial charge is 0.133 e. The Hall–Kier alpha value is -1.49. The predicted molar refractivity (Wildman–Crippen MR) is 66.6 cm³/mol. The Morgan fingerprint density at radius 1 is 1.44 bits per heavy atom. The molecule has 0 unspecified atom stereocenters. The molecule has 84 valence electrons. The summed E-state index contributed by atoms with van der Waals surface area (Å²) in [7, 11) is 1.65. The van der Waals surface area contributed by atoms with E-state index in [2.05, 4.69) is 31.4 Å². The lowest BCUT2D eigenvalue weighted by Gasteiger charge is -2.08. The first-order valence-electron chi connectivity index (χ1n) is 4.85. The van der Waals surface area contributed by atoms with Gasteiger partial charge in [0.25, 0.3) is 0 Å². The van der Waals surface area contributed by atoms with Crippen LogP contribution in [0.25, 0.3) is 0 Å². The largest absolute Gasteiger partial charge is 0.496 e. The van der Waals surface area contributed by atoms with Crippen LogP contribution >= 0.6 is 15.9 Å². The summed E-state index contributed by atoms with van der Waals surface area (Å²) in [6.45, 7) is 0.721. The highest BCUT2D eigenvalue weighted by Crippen LogP contribution is 2.27. The number of H-pyrrole nitrogens is 1. The molecule has 0 spiro atoms. The fourth-order valence-electron chi connectivity index (χ4n) is 1.36. The van der Waals surface area contributed by atoms with Crippen molar-refractivity contribution in [1.29, 1.82) is 0 Å². The number of anilines is 1. The second kappa shape index (κ2) is 5.03. The highest BCUT2D eigenvalue weighted by Gasteiger charge is 2.01. The van der Waals surface area contributed by atoms with E-state index in [1.54, 1.807) is 13.3 Å². The second-order valence-electron chi connectivity index (χ2n) is 3.28. The van der Waals surface area contributed by atoms with E-state index in [1.807, 2.05) is 24.3 Å². The number of benzene rings is 1. The Bertz CT molecular complexity index is 456. The maximum absolute atomic E-state index is 5.16. The van der Waals surface area contributed by atoms with Crippen LogP contribution in [0.5, 0.6) is 5.75 Å². The summed E-state index contributed by atoms with van der Waals surface area (Å²) in [5.41, 5.74) is 2.08. The van der Waals surface area contributed by atoms with Crippen molar-refractivity contribution in [1.82, 2.24) is 10.2 Å². The molecule has 0 aliphatic heterocycles. The van der Waals surface area contributed by atoms with E-state index in [0.717, 1.165) is 28.1 Å². The topological polar surface area (TPSA) is 49.9 Å². The molecule has 0 saturated carbocycles. The first-order valence-corrected chi connectivity index (χ1v) is 5.64. The lowest BCUT2D eigenvalue weighted by atomic mass is 10.3. The third-order valence-electron chi connectivity index (χ3n) is 2.19. The van der Waals surface area contributed by atoms with Gasteiger partial charge in [-0.1, -0.05) is 0 Å². The fraction of sp³-hybridized carbons (Fsp3) is 0.182. The molecule has 0 atom stereocenters. The summed E-state index contributed by atoms with van der Waals surface area (Å²) >= 11 is 3.44. The van der Waals surface area contributed by atoms with Crippen molar-refractivity contribution in [2.75, 3.05) is 12.4 Å². The van der Waals surface area contributed by atoms with Crippen molar-refractivity contribution in [3.8, 4) is 5.75 Å². The van der Waals surface area contributed by atoms with Crippen LogP contribution in [0, 0.1) is 0 Å². The van der Waals surface area contributed by atoms with Crippen LogP contribution in [0.1, 0.15) is 5.69 Å². The van der Waals surface area contributed by atoms with Crippen molar-refractivity contribution >= 4 is 21.6 Å². The molecule has 1 aromatic heterocycles. The molecule has 0 aliphatic carbocycles. The van der Waals surface area contributed by atoms with E-state index in [1.165, 1.54) is 0 Å². The molecule has 0 fully saturated rings. The van der Waals surface area contributed by atoms with Gasteiger partial charge in [-0.2, -0.15) is 5.10 Å². The molecule has 0 saturated heterocycles. The Kier molecular flexibility index (Phi) is 3.46. The van der Waals surface area contributed by atoms with Gasteiger partial charge in [-0.05, 0) is 40.2 Å². The first-order chi connectivity index (χ1) is 7.79. The van der Waals surface area contributed by atoms with E-state index < -0.39 is 0 Å². The Morgan fingerprint density at radius 2 is 2.31 bits per heavy atom. The fourth-order valence-corrected chi connectivity index (χ4v) is 1.90. The number of aromatic nitrogens is 2. The summed E-state index contributed by atoms with van der Waals surface area (Å²) in [6.07, 6.45) is 1.74. The maximum atomic E-state index is 5.16. The van der Waals surface area contributed by atoms with Gasteiger partial charge in [0.1, 0.15) is 5.75 Å². The maximum Gasteiger partial charge on any atom is 0.133 e. The molecular weight excluding hydrogens is 270 g/mol. The monoisotopic (exact) mass is 281 g/mol. The Morgan fingerprint density at radius 3 is 2.94 bits per heavy atom. The highest BCUT2D eigenvalue weighted by atomic mass is 79.9. The minimum atomic E-state index is 0.721. The normalized spacial score (nSPS) is 10.1. The van der Waals surface area contributed by atoms with Crippen LogP contribution < -0.4 is 10.1 Å². The molecule has 5 heteroatoms. The summed E-state index contributed by atoms with van der Waals surface area (Å²) in [6, 6.07) is 7.81. The quantitative estimate of drug-likeness (QED) is 0.906. The molecule has 4 nitrogen and oxygen atoms in total.